The van der Waals surface area contributed by atoms with Crippen LogP contribution < -0.4 is 0 Å². The highest BCUT2D eigenvalue weighted by Gasteiger charge is 2.18. The fourth-order valence-electron chi connectivity index (χ4n) is 2.51. The fraction of sp³-hybridized carbons (Fsp3) is 0.111. The Morgan fingerprint density at radius 1 is 1.29 bits per heavy atom. The van der Waals surface area contributed by atoms with Gasteiger partial charge in [0.1, 0.15) is 5.75 Å². The van der Waals surface area contributed by atoms with Crippen LogP contribution in [0.4, 0.5) is 0 Å². The number of carbonyl (C=O) groups is 1. The molecule has 0 amide bonds. The SMILES string of the molecule is O=C(O)C(Cc1c[nH]c2ccccc12)N=Cc1cc(Br)ccc1O. The van der Waals surface area contributed by atoms with Crippen LogP contribution in [-0.2, 0) is 11.2 Å². The Bertz CT molecular complexity index is 918. The molecule has 0 aliphatic heterocycles. The van der Waals surface area contributed by atoms with E-state index in [0.29, 0.717) is 5.56 Å². The first-order valence-electron chi connectivity index (χ1n) is 7.34. The van der Waals surface area contributed by atoms with Gasteiger partial charge in [-0.1, -0.05) is 34.1 Å². The Hall–Kier alpha value is -2.60. The van der Waals surface area contributed by atoms with Gasteiger partial charge in [0.25, 0.3) is 0 Å². The molecule has 3 N–H and O–H groups in total. The molecule has 1 unspecified atom stereocenters. The second-order valence-corrected chi connectivity index (χ2v) is 6.31. The number of aromatic nitrogens is 1. The number of benzene rings is 2. The summed E-state index contributed by atoms with van der Waals surface area (Å²) in [5, 5.41) is 20.3. The summed E-state index contributed by atoms with van der Waals surface area (Å²) in [5.74, 6) is -0.954. The van der Waals surface area contributed by atoms with Gasteiger partial charge < -0.3 is 15.2 Å². The predicted octanol–water partition coefficient (Wildman–Crippen LogP) is 3.75. The first-order chi connectivity index (χ1) is 11.5. The first-order valence-corrected chi connectivity index (χ1v) is 8.13. The number of hydrogen-bond donors (Lipinski definition) is 3. The van der Waals surface area contributed by atoms with Crippen molar-refractivity contribution >= 4 is 39.0 Å². The summed E-state index contributed by atoms with van der Waals surface area (Å²) in [7, 11) is 0. The summed E-state index contributed by atoms with van der Waals surface area (Å²) in [4.78, 5) is 18.8. The third-order valence-corrected chi connectivity index (χ3v) is 4.25. The van der Waals surface area contributed by atoms with Crippen molar-refractivity contribution in [2.75, 3.05) is 0 Å². The first kappa shape index (κ1) is 16.3. The average molecular weight is 387 g/mol. The number of carboxylic acid groups (broad SMARTS) is 1. The molecule has 0 bridgehead atoms. The van der Waals surface area contributed by atoms with Gasteiger partial charge in [-0.3, -0.25) is 4.99 Å². The third kappa shape index (κ3) is 3.49. The molecule has 0 aliphatic carbocycles. The van der Waals surface area contributed by atoms with Gasteiger partial charge in [0.2, 0.25) is 0 Å². The van der Waals surface area contributed by atoms with Gasteiger partial charge in [-0.25, -0.2) is 4.79 Å². The van der Waals surface area contributed by atoms with Crippen LogP contribution >= 0.6 is 15.9 Å². The molecule has 1 aromatic heterocycles. The van der Waals surface area contributed by atoms with Gasteiger partial charge in [-0.15, -0.1) is 0 Å². The minimum Gasteiger partial charge on any atom is -0.507 e. The van der Waals surface area contributed by atoms with Gasteiger partial charge in [0.05, 0.1) is 0 Å². The van der Waals surface area contributed by atoms with E-state index in [-0.39, 0.29) is 12.2 Å². The quantitative estimate of drug-likeness (QED) is 0.583. The van der Waals surface area contributed by atoms with E-state index in [1.165, 1.54) is 12.3 Å². The molecule has 0 spiro atoms. The second-order valence-electron chi connectivity index (χ2n) is 5.40. The number of rotatable bonds is 5. The van der Waals surface area contributed by atoms with Crippen molar-refractivity contribution in [3.8, 4) is 5.75 Å². The van der Waals surface area contributed by atoms with E-state index in [9.17, 15) is 15.0 Å². The molecule has 0 fully saturated rings. The molecule has 6 heteroatoms. The molecule has 122 valence electrons. The number of fused-ring (bicyclic) bond motifs is 1. The van der Waals surface area contributed by atoms with Crippen molar-refractivity contribution in [3.05, 3.63) is 64.3 Å². The maximum atomic E-state index is 11.5. The fourth-order valence-corrected chi connectivity index (χ4v) is 2.89. The van der Waals surface area contributed by atoms with Crippen LogP contribution in [-0.4, -0.2) is 33.4 Å². The number of para-hydroxylation sites is 1. The lowest BCUT2D eigenvalue weighted by Crippen LogP contribution is -2.20. The van der Waals surface area contributed by atoms with E-state index < -0.39 is 12.0 Å². The molecule has 1 atom stereocenters. The van der Waals surface area contributed by atoms with Crippen LogP contribution in [0.25, 0.3) is 10.9 Å². The van der Waals surface area contributed by atoms with Gasteiger partial charge in [0, 0.05) is 39.8 Å². The highest BCUT2D eigenvalue weighted by molar-refractivity contribution is 9.10. The lowest BCUT2D eigenvalue weighted by molar-refractivity contribution is -0.138. The molecule has 0 saturated carbocycles. The summed E-state index contributed by atoms with van der Waals surface area (Å²) < 4.78 is 0.783. The zero-order valence-corrected chi connectivity index (χ0v) is 14.2. The number of aromatic hydroxyl groups is 1. The maximum Gasteiger partial charge on any atom is 0.328 e. The Morgan fingerprint density at radius 3 is 2.88 bits per heavy atom. The molecule has 3 aromatic rings. The van der Waals surface area contributed by atoms with E-state index in [2.05, 4.69) is 25.9 Å². The number of phenols is 1. The zero-order chi connectivity index (χ0) is 17.1. The monoisotopic (exact) mass is 386 g/mol. The molecule has 1 heterocycles. The molecule has 3 rings (SSSR count). The molecular weight excluding hydrogens is 372 g/mol. The van der Waals surface area contributed by atoms with Gasteiger partial charge in [-0.05, 0) is 29.8 Å². The molecule has 0 aliphatic rings. The number of nitrogens with one attached hydrogen (secondary N) is 1. The normalized spacial score (nSPS) is 12.7. The van der Waals surface area contributed by atoms with Gasteiger partial charge in [0.15, 0.2) is 6.04 Å². The molecule has 24 heavy (non-hydrogen) atoms. The predicted molar refractivity (Wildman–Crippen MR) is 96.8 cm³/mol. The number of phenolic OH excluding ortho intramolecular Hbond substituents is 1. The summed E-state index contributed by atoms with van der Waals surface area (Å²) >= 11 is 3.31. The number of hydrogen-bond acceptors (Lipinski definition) is 3. The number of carboxylic acids is 1. The minimum absolute atomic E-state index is 0.0539. The van der Waals surface area contributed by atoms with E-state index in [1.807, 2.05) is 30.5 Å². The molecule has 2 aromatic carbocycles. The number of aliphatic imine (C=N–C) groups is 1. The molecular formula is C18H15BrN2O3. The van der Waals surface area contributed by atoms with Crippen LogP contribution in [0, 0.1) is 0 Å². The van der Waals surface area contributed by atoms with E-state index in [4.69, 9.17) is 0 Å². The van der Waals surface area contributed by atoms with Crippen LogP contribution in [0.1, 0.15) is 11.1 Å². The van der Waals surface area contributed by atoms with Gasteiger partial charge in [-0.2, -0.15) is 0 Å². The van der Waals surface area contributed by atoms with E-state index >= 15 is 0 Å². The zero-order valence-electron chi connectivity index (χ0n) is 12.6. The van der Waals surface area contributed by atoms with E-state index in [1.54, 1.807) is 12.1 Å². The molecule has 0 radical (unpaired) electrons. The van der Waals surface area contributed by atoms with Crippen molar-refractivity contribution < 1.29 is 15.0 Å². The largest absolute Gasteiger partial charge is 0.507 e. The van der Waals surface area contributed by atoms with Crippen molar-refractivity contribution in [1.82, 2.24) is 4.98 Å². The third-order valence-electron chi connectivity index (χ3n) is 3.76. The lowest BCUT2D eigenvalue weighted by Gasteiger charge is -2.07. The minimum atomic E-state index is -1.01. The van der Waals surface area contributed by atoms with E-state index in [0.717, 1.165) is 20.9 Å². The highest BCUT2D eigenvalue weighted by Crippen LogP contribution is 2.22. The van der Waals surface area contributed by atoms with Gasteiger partial charge >= 0.3 is 5.97 Å². The lowest BCUT2D eigenvalue weighted by atomic mass is 10.1. The number of nitrogens with zero attached hydrogens (tertiary/aromatic N) is 1. The number of aromatic amines is 1. The van der Waals surface area contributed by atoms with Crippen molar-refractivity contribution in [3.63, 3.8) is 0 Å². The maximum absolute atomic E-state index is 11.5. The molecule has 5 nitrogen and oxygen atoms in total. The summed E-state index contributed by atoms with van der Waals surface area (Å²) in [6, 6.07) is 11.7. The van der Waals surface area contributed by atoms with Crippen molar-refractivity contribution in [2.24, 2.45) is 4.99 Å². The Balaban J connectivity index is 1.86. The van der Waals surface area contributed by atoms with Crippen molar-refractivity contribution in [1.29, 1.82) is 0 Å². The van der Waals surface area contributed by atoms with Crippen LogP contribution in [0.3, 0.4) is 0 Å². The second kappa shape index (κ2) is 6.88. The summed E-state index contributed by atoms with van der Waals surface area (Å²) in [6.45, 7) is 0. The average Bonchev–Trinajstić information content (AvgIpc) is 2.97. The summed E-state index contributed by atoms with van der Waals surface area (Å²) in [6.07, 6.45) is 3.48. The Kier molecular flexibility index (Phi) is 4.66. The number of aliphatic carboxylic acids is 1. The Labute approximate surface area is 146 Å². The van der Waals surface area contributed by atoms with Crippen LogP contribution in [0.2, 0.25) is 0 Å². The topological polar surface area (TPSA) is 85.7 Å². The van der Waals surface area contributed by atoms with Crippen molar-refractivity contribution in [2.45, 2.75) is 12.5 Å². The Morgan fingerprint density at radius 2 is 2.08 bits per heavy atom. The number of halogens is 1. The summed E-state index contributed by atoms with van der Waals surface area (Å²) in [5.41, 5.74) is 2.33. The van der Waals surface area contributed by atoms with Crippen LogP contribution in [0.15, 0.2) is 58.1 Å². The van der Waals surface area contributed by atoms with Crippen LogP contribution in [0.5, 0.6) is 5.75 Å². The number of H-pyrrole nitrogens is 1. The standard InChI is InChI=1S/C18H15BrN2O3/c19-13-5-6-17(22)12(7-13)10-21-16(18(23)24)8-11-9-20-15-4-2-1-3-14(11)15/h1-7,9-10,16,20,22H,8H2,(H,23,24). The highest BCUT2D eigenvalue weighted by atomic mass is 79.9. The molecule has 0 saturated heterocycles. The smallest absolute Gasteiger partial charge is 0.328 e.